The third-order valence-corrected chi connectivity index (χ3v) is 14.7. The average molecular weight is 673 g/mol. The summed E-state index contributed by atoms with van der Waals surface area (Å²) in [6.45, 7) is 19.4. The fourth-order valence-corrected chi connectivity index (χ4v) is 11.6. The number of aryl methyl sites for hydroxylation is 1. The van der Waals surface area contributed by atoms with Gasteiger partial charge >= 0.3 is 0 Å². The van der Waals surface area contributed by atoms with Gasteiger partial charge in [0, 0.05) is 10.8 Å². The summed E-state index contributed by atoms with van der Waals surface area (Å²) in [5.74, 6) is 0. The molecule has 10 rings (SSSR count). The van der Waals surface area contributed by atoms with Gasteiger partial charge in [0.25, 0.3) is 0 Å². The first-order valence-electron chi connectivity index (χ1n) is 18.6. The van der Waals surface area contributed by atoms with Gasteiger partial charge in [-0.05, 0) is 124 Å². The monoisotopic (exact) mass is 672 g/mol. The number of fused-ring (bicyclic) bond motifs is 6. The lowest BCUT2D eigenvalue weighted by Crippen LogP contribution is -2.38. The summed E-state index contributed by atoms with van der Waals surface area (Å²) in [5.41, 5.74) is 17.8. The van der Waals surface area contributed by atoms with Crippen molar-refractivity contribution < 1.29 is 0 Å². The predicted octanol–water partition coefficient (Wildman–Crippen LogP) is 13.4. The van der Waals surface area contributed by atoms with Crippen molar-refractivity contribution in [2.45, 2.75) is 65.1 Å². The maximum Gasteiger partial charge on any atom is 0.0784 e. The van der Waals surface area contributed by atoms with E-state index < -0.39 is 8.07 Å². The van der Waals surface area contributed by atoms with E-state index in [9.17, 15) is 0 Å². The standard InChI is InChI=1S/C50H44Si/c1-29-25-40(30-17-19-35-33-13-9-11-15-42(33)49(2,3)44(35)26-30)37-23-24-39-46(51(6,7)8)28-41(38-22-21-32(29)47(37)48(38)39)31-18-20-36-34-14-10-12-16-43(34)50(4,5)45(36)27-31/h9-28H,1-8H3. The van der Waals surface area contributed by atoms with Crippen LogP contribution in [-0.4, -0.2) is 8.07 Å². The zero-order valence-electron chi connectivity index (χ0n) is 31.0. The van der Waals surface area contributed by atoms with Gasteiger partial charge in [0.05, 0.1) is 8.07 Å². The van der Waals surface area contributed by atoms with Crippen LogP contribution in [0.15, 0.2) is 121 Å². The summed E-state index contributed by atoms with van der Waals surface area (Å²) in [7, 11) is -1.74. The second-order valence-corrected chi connectivity index (χ2v) is 22.4. The molecule has 0 N–H and O–H groups in total. The molecular formula is C50H44Si. The highest BCUT2D eigenvalue weighted by molar-refractivity contribution is 6.90. The molecule has 0 bridgehead atoms. The molecule has 0 aliphatic heterocycles. The van der Waals surface area contributed by atoms with Crippen molar-refractivity contribution in [1.29, 1.82) is 0 Å². The van der Waals surface area contributed by atoms with Crippen LogP contribution in [0.2, 0.25) is 19.6 Å². The quantitative estimate of drug-likeness (QED) is 0.129. The zero-order chi connectivity index (χ0) is 35.2. The normalized spacial score (nSPS) is 15.4. The fraction of sp³-hybridized carbons (Fsp3) is 0.200. The van der Waals surface area contributed by atoms with Gasteiger partial charge in [0.15, 0.2) is 0 Å². The molecule has 2 aliphatic carbocycles. The van der Waals surface area contributed by atoms with Gasteiger partial charge in [-0.1, -0.05) is 162 Å². The summed E-state index contributed by atoms with van der Waals surface area (Å²) >= 11 is 0. The maximum absolute atomic E-state index is 2.57. The average Bonchev–Trinajstić information content (AvgIpc) is 3.49. The summed E-state index contributed by atoms with van der Waals surface area (Å²) in [5, 5.41) is 9.90. The Labute approximate surface area is 303 Å². The van der Waals surface area contributed by atoms with Crippen LogP contribution in [0.25, 0.3) is 76.8 Å². The van der Waals surface area contributed by atoms with E-state index in [1.165, 1.54) is 105 Å². The first kappa shape index (κ1) is 30.8. The molecule has 8 aromatic rings. The van der Waals surface area contributed by atoms with Gasteiger partial charge in [-0.3, -0.25) is 0 Å². The van der Waals surface area contributed by atoms with E-state index in [2.05, 4.69) is 176 Å². The lowest BCUT2D eigenvalue weighted by Gasteiger charge is -2.26. The van der Waals surface area contributed by atoms with Crippen LogP contribution in [0.5, 0.6) is 0 Å². The number of hydrogen-bond donors (Lipinski definition) is 0. The third-order valence-electron chi connectivity index (χ3n) is 12.7. The van der Waals surface area contributed by atoms with Crippen LogP contribution in [0.3, 0.4) is 0 Å². The lowest BCUT2D eigenvalue weighted by molar-refractivity contribution is 0.660. The number of hydrogen-bond acceptors (Lipinski definition) is 0. The van der Waals surface area contributed by atoms with Crippen molar-refractivity contribution in [3.8, 4) is 44.5 Å². The largest absolute Gasteiger partial charge is 0.0784 e. The molecule has 0 atom stereocenters. The van der Waals surface area contributed by atoms with Crippen molar-refractivity contribution >= 4 is 45.6 Å². The van der Waals surface area contributed by atoms with Crippen molar-refractivity contribution in [2.75, 3.05) is 0 Å². The highest BCUT2D eigenvalue weighted by atomic mass is 28.3. The van der Waals surface area contributed by atoms with Gasteiger partial charge in [0.1, 0.15) is 0 Å². The number of benzene rings is 8. The topological polar surface area (TPSA) is 0 Å². The van der Waals surface area contributed by atoms with Gasteiger partial charge in [0.2, 0.25) is 0 Å². The minimum atomic E-state index is -1.74. The second-order valence-electron chi connectivity index (χ2n) is 17.4. The highest BCUT2D eigenvalue weighted by Crippen LogP contribution is 2.52. The SMILES string of the molecule is Cc1cc(-c2ccc3c(c2)C(C)(C)c2ccccc2-3)c2ccc3c([Si](C)(C)C)cc(-c4ccc5c(c4)C(C)(C)c4ccccc4-5)c4ccc1c2c43. The molecule has 0 spiro atoms. The lowest BCUT2D eigenvalue weighted by atomic mass is 9.80. The molecule has 0 radical (unpaired) electrons. The molecule has 0 saturated carbocycles. The summed E-state index contributed by atoms with van der Waals surface area (Å²) in [6, 6.07) is 47.2. The molecule has 0 saturated heterocycles. The van der Waals surface area contributed by atoms with Crippen LogP contribution in [0, 0.1) is 6.92 Å². The van der Waals surface area contributed by atoms with Gasteiger partial charge in [-0.25, -0.2) is 0 Å². The van der Waals surface area contributed by atoms with E-state index >= 15 is 0 Å². The van der Waals surface area contributed by atoms with Crippen LogP contribution >= 0.6 is 0 Å². The Morgan fingerprint density at radius 2 is 0.824 bits per heavy atom. The molecule has 0 aromatic heterocycles. The first-order valence-corrected chi connectivity index (χ1v) is 22.1. The van der Waals surface area contributed by atoms with E-state index in [4.69, 9.17) is 0 Å². The first-order chi connectivity index (χ1) is 24.4. The summed E-state index contributed by atoms with van der Waals surface area (Å²) < 4.78 is 0. The molecule has 51 heavy (non-hydrogen) atoms. The van der Waals surface area contributed by atoms with Crippen molar-refractivity contribution in [3.05, 3.63) is 149 Å². The van der Waals surface area contributed by atoms with E-state index in [1.807, 2.05) is 0 Å². The minimum Gasteiger partial charge on any atom is -0.0656 e. The van der Waals surface area contributed by atoms with E-state index in [0.717, 1.165) is 0 Å². The van der Waals surface area contributed by atoms with Crippen LogP contribution in [-0.2, 0) is 10.8 Å². The maximum atomic E-state index is 2.57. The minimum absolute atomic E-state index is 0.0340. The molecule has 8 aromatic carbocycles. The van der Waals surface area contributed by atoms with Crippen molar-refractivity contribution in [1.82, 2.24) is 0 Å². The van der Waals surface area contributed by atoms with Gasteiger partial charge in [-0.2, -0.15) is 0 Å². The van der Waals surface area contributed by atoms with Crippen molar-refractivity contribution in [2.24, 2.45) is 0 Å². The Kier molecular flexibility index (Phi) is 6.09. The highest BCUT2D eigenvalue weighted by Gasteiger charge is 2.37. The number of rotatable bonds is 3. The Bertz CT molecular complexity index is 2780. The molecule has 0 fully saturated rings. The molecule has 1 heteroatoms. The Morgan fingerprint density at radius 1 is 0.392 bits per heavy atom. The zero-order valence-corrected chi connectivity index (χ0v) is 32.0. The molecule has 0 amide bonds. The van der Waals surface area contributed by atoms with Gasteiger partial charge < -0.3 is 0 Å². The van der Waals surface area contributed by atoms with E-state index in [-0.39, 0.29) is 10.8 Å². The molecule has 248 valence electrons. The molecule has 0 heterocycles. The van der Waals surface area contributed by atoms with E-state index in [1.54, 1.807) is 5.19 Å². The second kappa shape index (κ2) is 10.1. The Hall–Kier alpha value is -4.98. The third kappa shape index (κ3) is 4.07. The smallest absolute Gasteiger partial charge is 0.0656 e. The Morgan fingerprint density at radius 3 is 1.35 bits per heavy atom. The molecule has 0 unspecified atom stereocenters. The van der Waals surface area contributed by atoms with Crippen LogP contribution in [0.1, 0.15) is 55.5 Å². The molecular weight excluding hydrogens is 629 g/mol. The van der Waals surface area contributed by atoms with E-state index in [0.29, 0.717) is 0 Å². The van der Waals surface area contributed by atoms with Crippen LogP contribution in [0.4, 0.5) is 0 Å². The molecule has 0 nitrogen and oxygen atoms in total. The fourth-order valence-electron chi connectivity index (χ4n) is 10.0. The molecule has 2 aliphatic rings. The predicted molar refractivity (Wildman–Crippen MR) is 224 cm³/mol. The Balaban J connectivity index is 1.24. The van der Waals surface area contributed by atoms with Gasteiger partial charge in [-0.15, -0.1) is 0 Å². The summed E-state index contributed by atoms with van der Waals surface area (Å²) in [6.07, 6.45) is 0. The summed E-state index contributed by atoms with van der Waals surface area (Å²) in [4.78, 5) is 0. The van der Waals surface area contributed by atoms with Crippen LogP contribution < -0.4 is 5.19 Å². The van der Waals surface area contributed by atoms with Crippen molar-refractivity contribution in [3.63, 3.8) is 0 Å².